The second-order valence-corrected chi connectivity index (χ2v) is 3.01. The van der Waals surface area contributed by atoms with E-state index in [1.54, 1.807) is 20.4 Å². The molecule has 0 unspecified atom stereocenters. The summed E-state index contributed by atoms with van der Waals surface area (Å²) in [6.07, 6.45) is 1.70. The van der Waals surface area contributed by atoms with Crippen LogP contribution in [0.2, 0.25) is 0 Å². The summed E-state index contributed by atoms with van der Waals surface area (Å²) in [5, 5.41) is 6.81. The van der Waals surface area contributed by atoms with Crippen LogP contribution in [-0.4, -0.2) is 24.4 Å². The van der Waals surface area contributed by atoms with E-state index >= 15 is 0 Å². The van der Waals surface area contributed by atoms with Gasteiger partial charge in [0.25, 0.3) is 0 Å². The molecule has 0 fully saturated rings. The topological polar surface area (TPSA) is 47.1 Å². The zero-order valence-electron chi connectivity index (χ0n) is 8.65. The van der Waals surface area contributed by atoms with Crippen LogP contribution >= 0.6 is 0 Å². The summed E-state index contributed by atoms with van der Waals surface area (Å²) in [6, 6.07) is 7.54. The number of ether oxygens (including phenoxy) is 2. The number of rotatable bonds is 3. The van der Waals surface area contributed by atoms with E-state index in [0.29, 0.717) is 0 Å². The highest BCUT2D eigenvalue weighted by atomic mass is 16.5. The van der Waals surface area contributed by atoms with Gasteiger partial charge in [-0.25, -0.2) is 0 Å². The molecule has 0 saturated carbocycles. The first-order chi connectivity index (χ1) is 7.36. The first-order valence-corrected chi connectivity index (χ1v) is 4.57. The third-order valence-electron chi connectivity index (χ3n) is 2.20. The lowest BCUT2D eigenvalue weighted by Gasteiger charge is -2.10. The van der Waals surface area contributed by atoms with Gasteiger partial charge >= 0.3 is 0 Å². The molecule has 0 aliphatic heterocycles. The van der Waals surface area contributed by atoms with Crippen LogP contribution in [0.25, 0.3) is 11.3 Å². The van der Waals surface area contributed by atoms with Crippen LogP contribution in [0.5, 0.6) is 11.5 Å². The third-order valence-corrected chi connectivity index (χ3v) is 2.20. The molecule has 0 aliphatic rings. The highest BCUT2D eigenvalue weighted by molar-refractivity contribution is 5.73. The molecule has 0 radical (unpaired) electrons. The number of aromatic nitrogens is 2. The molecule has 0 saturated heterocycles. The summed E-state index contributed by atoms with van der Waals surface area (Å²) < 4.78 is 10.6. The lowest BCUT2D eigenvalue weighted by atomic mass is 10.1. The second kappa shape index (κ2) is 4.04. The van der Waals surface area contributed by atoms with E-state index in [2.05, 4.69) is 10.2 Å². The molecule has 0 atom stereocenters. The number of methoxy groups -OCH3 is 2. The van der Waals surface area contributed by atoms with Crippen molar-refractivity contribution >= 4 is 0 Å². The lowest BCUT2D eigenvalue weighted by molar-refractivity contribution is 0.397. The van der Waals surface area contributed by atoms with E-state index in [4.69, 9.17) is 9.47 Å². The van der Waals surface area contributed by atoms with Gasteiger partial charge in [-0.15, -0.1) is 0 Å². The number of H-pyrrole nitrogens is 1. The predicted octanol–water partition coefficient (Wildman–Crippen LogP) is 2.09. The van der Waals surface area contributed by atoms with Gasteiger partial charge < -0.3 is 9.47 Å². The lowest BCUT2D eigenvalue weighted by Crippen LogP contribution is -1.92. The van der Waals surface area contributed by atoms with E-state index in [0.717, 1.165) is 22.8 Å². The summed E-state index contributed by atoms with van der Waals surface area (Å²) >= 11 is 0. The van der Waals surface area contributed by atoms with Crippen molar-refractivity contribution < 1.29 is 9.47 Å². The molecule has 1 heterocycles. The van der Waals surface area contributed by atoms with E-state index in [1.165, 1.54) is 0 Å². The Morgan fingerprint density at radius 3 is 2.20 bits per heavy atom. The molecule has 15 heavy (non-hydrogen) atoms. The van der Waals surface area contributed by atoms with Crippen LogP contribution in [-0.2, 0) is 0 Å². The fraction of sp³-hybridized carbons (Fsp3) is 0.182. The maximum absolute atomic E-state index is 5.28. The van der Waals surface area contributed by atoms with Crippen molar-refractivity contribution in [3.8, 4) is 22.8 Å². The van der Waals surface area contributed by atoms with Gasteiger partial charge in [0.1, 0.15) is 11.5 Å². The summed E-state index contributed by atoms with van der Waals surface area (Å²) in [5.41, 5.74) is 1.77. The number of nitrogens with one attached hydrogen (secondary N) is 1. The van der Waals surface area contributed by atoms with Crippen molar-refractivity contribution in [3.63, 3.8) is 0 Å². The summed E-state index contributed by atoms with van der Waals surface area (Å²) in [4.78, 5) is 0. The minimum absolute atomic E-state index is 0.763. The number of nitrogens with zero attached hydrogens (tertiary/aromatic N) is 1. The molecule has 1 aromatic carbocycles. The van der Waals surface area contributed by atoms with Crippen LogP contribution in [0, 0.1) is 0 Å². The fourth-order valence-electron chi connectivity index (χ4n) is 1.51. The van der Waals surface area contributed by atoms with Gasteiger partial charge in [0, 0.05) is 6.20 Å². The van der Waals surface area contributed by atoms with Gasteiger partial charge in [-0.3, -0.25) is 5.10 Å². The Kier molecular flexibility index (Phi) is 2.58. The molecule has 4 nitrogen and oxygen atoms in total. The van der Waals surface area contributed by atoms with E-state index in [-0.39, 0.29) is 0 Å². The van der Waals surface area contributed by atoms with Gasteiger partial charge in [-0.05, 0) is 18.2 Å². The summed E-state index contributed by atoms with van der Waals surface area (Å²) in [7, 11) is 3.27. The molecule has 1 aromatic heterocycles. The van der Waals surface area contributed by atoms with E-state index in [1.807, 2.05) is 24.3 Å². The average Bonchev–Trinajstić information content (AvgIpc) is 2.81. The van der Waals surface area contributed by atoms with Gasteiger partial charge in [-0.2, -0.15) is 5.10 Å². The molecule has 78 valence electrons. The maximum Gasteiger partial charge on any atom is 0.131 e. The van der Waals surface area contributed by atoms with Crippen molar-refractivity contribution in [2.75, 3.05) is 14.2 Å². The largest absolute Gasteiger partial charge is 0.496 e. The Labute approximate surface area is 87.8 Å². The summed E-state index contributed by atoms with van der Waals surface area (Å²) in [6.45, 7) is 0. The molecule has 2 rings (SSSR count). The quantitative estimate of drug-likeness (QED) is 0.832. The standard InChI is InChI=1S/C11H12N2O2/c1-14-9-4-3-5-10(15-2)11(9)8-6-7-12-13-8/h3-7H,1-2H3,(H,12,13). The van der Waals surface area contributed by atoms with Crippen LogP contribution in [0.3, 0.4) is 0 Å². The Morgan fingerprint density at radius 2 is 1.73 bits per heavy atom. The first kappa shape index (κ1) is 9.58. The molecular formula is C11H12N2O2. The zero-order chi connectivity index (χ0) is 10.7. The molecule has 0 bridgehead atoms. The number of benzene rings is 1. The molecule has 0 spiro atoms. The first-order valence-electron chi connectivity index (χ1n) is 4.57. The van der Waals surface area contributed by atoms with Crippen molar-refractivity contribution in [2.24, 2.45) is 0 Å². The van der Waals surface area contributed by atoms with Gasteiger partial charge in [0.15, 0.2) is 0 Å². The van der Waals surface area contributed by atoms with Crippen LogP contribution < -0.4 is 9.47 Å². The SMILES string of the molecule is COc1cccc(OC)c1-c1ccn[nH]1. The number of hydrogen-bond acceptors (Lipinski definition) is 3. The Bertz CT molecular complexity index is 416. The van der Waals surface area contributed by atoms with Crippen molar-refractivity contribution in [1.29, 1.82) is 0 Å². The minimum Gasteiger partial charge on any atom is -0.496 e. The monoisotopic (exact) mass is 204 g/mol. The van der Waals surface area contributed by atoms with Crippen LogP contribution in [0.1, 0.15) is 0 Å². The smallest absolute Gasteiger partial charge is 0.131 e. The Hall–Kier alpha value is -1.97. The molecular weight excluding hydrogens is 192 g/mol. The van der Waals surface area contributed by atoms with Crippen LogP contribution in [0.15, 0.2) is 30.5 Å². The molecule has 0 amide bonds. The Balaban J connectivity index is 2.61. The molecule has 2 aromatic rings. The van der Waals surface area contributed by atoms with Crippen molar-refractivity contribution in [3.05, 3.63) is 30.5 Å². The number of hydrogen-bond donors (Lipinski definition) is 1. The molecule has 0 aliphatic carbocycles. The molecule has 1 N–H and O–H groups in total. The maximum atomic E-state index is 5.28. The van der Waals surface area contributed by atoms with Gasteiger partial charge in [0.05, 0.1) is 25.5 Å². The summed E-state index contributed by atoms with van der Waals surface area (Å²) in [5.74, 6) is 1.53. The van der Waals surface area contributed by atoms with Crippen molar-refractivity contribution in [2.45, 2.75) is 0 Å². The Morgan fingerprint density at radius 1 is 1.07 bits per heavy atom. The number of aromatic amines is 1. The van der Waals surface area contributed by atoms with Crippen LogP contribution in [0.4, 0.5) is 0 Å². The normalized spacial score (nSPS) is 10.0. The van der Waals surface area contributed by atoms with Gasteiger partial charge in [0.2, 0.25) is 0 Å². The van der Waals surface area contributed by atoms with E-state index < -0.39 is 0 Å². The second-order valence-electron chi connectivity index (χ2n) is 3.01. The van der Waals surface area contributed by atoms with Gasteiger partial charge in [-0.1, -0.05) is 6.07 Å². The minimum atomic E-state index is 0.763. The predicted molar refractivity (Wildman–Crippen MR) is 57.1 cm³/mol. The highest BCUT2D eigenvalue weighted by Crippen LogP contribution is 2.36. The average molecular weight is 204 g/mol. The highest BCUT2D eigenvalue weighted by Gasteiger charge is 2.12. The fourth-order valence-corrected chi connectivity index (χ4v) is 1.51. The third kappa shape index (κ3) is 1.66. The molecule has 4 heteroatoms. The van der Waals surface area contributed by atoms with Crippen molar-refractivity contribution in [1.82, 2.24) is 10.2 Å². The zero-order valence-corrected chi connectivity index (χ0v) is 8.65. The van der Waals surface area contributed by atoms with E-state index in [9.17, 15) is 0 Å².